The number of thiazole rings is 1. The summed E-state index contributed by atoms with van der Waals surface area (Å²) in [6.07, 6.45) is 2.66. The third kappa shape index (κ3) is 4.40. The summed E-state index contributed by atoms with van der Waals surface area (Å²) in [7, 11) is 0. The van der Waals surface area contributed by atoms with Gasteiger partial charge in [-0.15, -0.1) is 11.8 Å². The van der Waals surface area contributed by atoms with E-state index in [4.69, 9.17) is 4.98 Å². The smallest absolute Gasteiger partial charge is 0.260 e. The molecule has 0 spiro atoms. The number of hydrogen-bond acceptors (Lipinski definition) is 5. The number of aryl methyl sites for hydroxylation is 1. The zero-order valence-corrected chi connectivity index (χ0v) is 18.7. The Morgan fingerprint density at radius 2 is 1.87 bits per heavy atom. The maximum atomic E-state index is 13.5. The Balaban J connectivity index is 1.73. The van der Waals surface area contributed by atoms with Crippen LogP contribution in [-0.2, 0) is 13.0 Å². The van der Waals surface area contributed by atoms with Gasteiger partial charge in [-0.2, -0.15) is 0 Å². The summed E-state index contributed by atoms with van der Waals surface area (Å²) in [5, 5.41) is 0.702. The number of hydrogen-bond donors (Lipinski definition) is 0. The van der Waals surface area contributed by atoms with Crippen LogP contribution in [0, 0.1) is 0 Å². The van der Waals surface area contributed by atoms with Crippen molar-refractivity contribution in [3.63, 3.8) is 0 Å². The Kier molecular flexibility index (Phi) is 6.45. The minimum absolute atomic E-state index is 0.0641. The molecule has 6 heteroatoms. The lowest BCUT2D eigenvalue weighted by molar-refractivity contribution is 0.0984. The van der Waals surface area contributed by atoms with E-state index in [1.165, 1.54) is 5.56 Å². The summed E-state index contributed by atoms with van der Waals surface area (Å²) in [5.41, 5.74) is 3.66. The van der Waals surface area contributed by atoms with Gasteiger partial charge in [-0.3, -0.25) is 14.7 Å². The molecule has 4 nitrogen and oxygen atoms in total. The number of thioether (sulfide) groups is 1. The molecule has 0 atom stereocenters. The number of para-hydroxylation sites is 1. The molecule has 0 radical (unpaired) electrons. The molecule has 0 saturated heterocycles. The number of fused-ring (bicyclic) bond motifs is 1. The molecule has 0 unspecified atom stereocenters. The van der Waals surface area contributed by atoms with Crippen LogP contribution < -0.4 is 4.90 Å². The molecule has 0 saturated carbocycles. The standard InChI is InChI=1S/C24H23N3OS2/c1-3-17-8-7-10-21-22(17)26-24(30-21)27(16-19-9-5-6-15-25-19)23(28)18-11-13-20(14-12-18)29-4-2/h5-15H,3-4,16H2,1-2H3. The van der Waals surface area contributed by atoms with Gasteiger partial charge >= 0.3 is 0 Å². The van der Waals surface area contributed by atoms with Gasteiger partial charge < -0.3 is 0 Å². The van der Waals surface area contributed by atoms with Gasteiger partial charge in [0, 0.05) is 16.7 Å². The van der Waals surface area contributed by atoms with Crippen molar-refractivity contribution in [1.29, 1.82) is 0 Å². The number of amides is 1. The van der Waals surface area contributed by atoms with E-state index in [0.717, 1.165) is 33.0 Å². The molecule has 0 bridgehead atoms. The first kappa shape index (κ1) is 20.6. The van der Waals surface area contributed by atoms with Gasteiger partial charge in [0.15, 0.2) is 5.13 Å². The van der Waals surface area contributed by atoms with Crippen LogP contribution in [0.1, 0.15) is 35.5 Å². The lowest BCUT2D eigenvalue weighted by atomic mass is 10.1. The van der Waals surface area contributed by atoms with Crippen molar-refractivity contribution in [1.82, 2.24) is 9.97 Å². The van der Waals surface area contributed by atoms with Crippen molar-refractivity contribution in [2.75, 3.05) is 10.7 Å². The normalized spacial score (nSPS) is 11.0. The largest absolute Gasteiger partial charge is 0.278 e. The molecule has 2 heterocycles. The van der Waals surface area contributed by atoms with Gasteiger partial charge in [-0.05, 0) is 60.2 Å². The molecular formula is C24H23N3OS2. The minimum atomic E-state index is -0.0641. The number of rotatable bonds is 7. The fraction of sp³-hybridized carbons (Fsp3) is 0.208. The molecule has 2 aromatic heterocycles. The van der Waals surface area contributed by atoms with Crippen molar-refractivity contribution in [3.05, 3.63) is 83.7 Å². The van der Waals surface area contributed by atoms with Gasteiger partial charge in [0.05, 0.1) is 22.5 Å². The summed E-state index contributed by atoms with van der Waals surface area (Å²) < 4.78 is 1.10. The molecule has 4 rings (SSSR count). The molecule has 0 aliphatic rings. The molecule has 4 aromatic rings. The van der Waals surface area contributed by atoms with Crippen molar-refractivity contribution < 1.29 is 4.79 Å². The number of nitrogens with zero attached hydrogens (tertiary/aromatic N) is 3. The second-order valence-corrected chi connectivity index (χ2v) is 9.13. The van der Waals surface area contributed by atoms with Gasteiger partial charge in [0.1, 0.15) is 0 Å². The molecule has 0 aliphatic heterocycles. The predicted octanol–water partition coefficient (Wildman–Crippen LogP) is 6.21. The average molecular weight is 434 g/mol. The van der Waals surface area contributed by atoms with Gasteiger partial charge in [0.25, 0.3) is 5.91 Å². The van der Waals surface area contributed by atoms with Crippen LogP contribution in [0.5, 0.6) is 0 Å². The van der Waals surface area contributed by atoms with Crippen LogP contribution in [0.3, 0.4) is 0 Å². The molecule has 30 heavy (non-hydrogen) atoms. The quantitative estimate of drug-likeness (QED) is 0.325. The van der Waals surface area contributed by atoms with Crippen molar-refractivity contribution in [3.8, 4) is 0 Å². The number of benzene rings is 2. The summed E-state index contributed by atoms with van der Waals surface area (Å²) in [5.74, 6) is 0.940. The fourth-order valence-electron chi connectivity index (χ4n) is 3.29. The van der Waals surface area contributed by atoms with E-state index >= 15 is 0 Å². The first-order valence-corrected chi connectivity index (χ1v) is 11.8. The third-order valence-electron chi connectivity index (χ3n) is 4.81. The van der Waals surface area contributed by atoms with Crippen LogP contribution in [0.25, 0.3) is 10.2 Å². The SMILES string of the molecule is CCSc1ccc(C(=O)N(Cc2ccccn2)c2nc3c(CC)cccc3s2)cc1. The highest BCUT2D eigenvalue weighted by molar-refractivity contribution is 7.99. The maximum absolute atomic E-state index is 13.5. The second-order valence-electron chi connectivity index (χ2n) is 6.78. The van der Waals surface area contributed by atoms with Gasteiger partial charge in [-0.25, -0.2) is 4.98 Å². The van der Waals surface area contributed by atoms with Crippen molar-refractivity contribution in [2.45, 2.75) is 31.7 Å². The molecular weight excluding hydrogens is 410 g/mol. The molecule has 2 aromatic carbocycles. The van der Waals surface area contributed by atoms with Crippen LogP contribution in [-0.4, -0.2) is 21.6 Å². The predicted molar refractivity (Wildman–Crippen MR) is 127 cm³/mol. The molecule has 0 aliphatic carbocycles. The number of pyridine rings is 1. The number of carbonyl (C=O) groups excluding carboxylic acids is 1. The van der Waals surface area contributed by atoms with Crippen LogP contribution >= 0.6 is 23.1 Å². The Morgan fingerprint density at radius 3 is 2.57 bits per heavy atom. The van der Waals surface area contributed by atoms with Gasteiger partial charge in [-0.1, -0.05) is 43.4 Å². The Bertz CT molecular complexity index is 1140. The van der Waals surface area contributed by atoms with E-state index in [2.05, 4.69) is 37.0 Å². The zero-order chi connectivity index (χ0) is 20.9. The molecule has 0 fully saturated rings. The van der Waals surface area contributed by atoms with E-state index in [1.807, 2.05) is 42.5 Å². The highest BCUT2D eigenvalue weighted by atomic mass is 32.2. The lowest BCUT2D eigenvalue weighted by Crippen LogP contribution is -2.30. The first-order chi connectivity index (χ1) is 14.7. The van der Waals surface area contributed by atoms with Crippen LogP contribution in [0.4, 0.5) is 5.13 Å². The minimum Gasteiger partial charge on any atom is -0.278 e. The Hall–Kier alpha value is -2.70. The third-order valence-corrected chi connectivity index (χ3v) is 6.74. The van der Waals surface area contributed by atoms with Crippen molar-refractivity contribution >= 4 is 44.4 Å². The summed E-state index contributed by atoms with van der Waals surface area (Å²) in [6, 6.07) is 19.8. The average Bonchev–Trinajstić information content (AvgIpc) is 3.22. The Labute approximate surface area is 185 Å². The highest BCUT2D eigenvalue weighted by Crippen LogP contribution is 2.32. The van der Waals surface area contributed by atoms with Crippen LogP contribution in [0.2, 0.25) is 0 Å². The highest BCUT2D eigenvalue weighted by Gasteiger charge is 2.22. The van der Waals surface area contributed by atoms with Crippen LogP contribution in [0.15, 0.2) is 71.8 Å². The van der Waals surface area contributed by atoms with E-state index in [0.29, 0.717) is 17.2 Å². The van der Waals surface area contributed by atoms with E-state index in [1.54, 1.807) is 34.2 Å². The number of anilines is 1. The topological polar surface area (TPSA) is 46.1 Å². The number of carbonyl (C=O) groups is 1. The maximum Gasteiger partial charge on any atom is 0.260 e. The number of aromatic nitrogens is 2. The lowest BCUT2D eigenvalue weighted by Gasteiger charge is -2.19. The van der Waals surface area contributed by atoms with Gasteiger partial charge in [0.2, 0.25) is 0 Å². The van der Waals surface area contributed by atoms with E-state index in [-0.39, 0.29) is 5.91 Å². The molecule has 0 N–H and O–H groups in total. The summed E-state index contributed by atoms with van der Waals surface area (Å²) in [6.45, 7) is 4.63. The molecule has 152 valence electrons. The second kappa shape index (κ2) is 9.41. The summed E-state index contributed by atoms with van der Waals surface area (Å²) >= 11 is 3.32. The molecule has 1 amide bonds. The summed E-state index contributed by atoms with van der Waals surface area (Å²) in [4.78, 5) is 25.7. The Morgan fingerprint density at radius 1 is 1.03 bits per heavy atom. The first-order valence-electron chi connectivity index (χ1n) is 10.0. The van der Waals surface area contributed by atoms with Crippen molar-refractivity contribution in [2.24, 2.45) is 0 Å². The van der Waals surface area contributed by atoms with E-state index < -0.39 is 0 Å². The van der Waals surface area contributed by atoms with E-state index in [9.17, 15) is 4.79 Å². The fourth-order valence-corrected chi connectivity index (χ4v) is 4.96. The monoisotopic (exact) mass is 433 g/mol. The zero-order valence-electron chi connectivity index (χ0n) is 17.0.